The van der Waals surface area contributed by atoms with E-state index in [1.807, 2.05) is 0 Å². The van der Waals surface area contributed by atoms with E-state index in [0.717, 1.165) is 18.2 Å². The van der Waals surface area contributed by atoms with E-state index in [-0.39, 0.29) is 49.9 Å². The van der Waals surface area contributed by atoms with Crippen molar-refractivity contribution in [2.45, 2.75) is 79.9 Å². The van der Waals surface area contributed by atoms with Gasteiger partial charge in [0.25, 0.3) is 10.1 Å². The van der Waals surface area contributed by atoms with Gasteiger partial charge in [0.05, 0.1) is 48.3 Å². The topological polar surface area (TPSA) is 307 Å². The van der Waals surface area contributed by atoms with E-state index in [0.29, 0.717) is 28.4 Å². The molecule has 4 rings (SSSR count). The highest BCUT2D eigenvalue weighted by atomic mass is 32.2. The highest BCUT2D eigenvalue weighted by molar-refractivity contribution is 7.86. The Bertz CT molecular complexity index is 2660. The van der Waals surface area contributed by atoms with E-state index in [1.165, 1.54) is 18.2 Å². The molecule has 0 saturated carbocycles. The molecule has 0 spiro atoms. The number of benzene rings is 2. The monoisotopic (exact) mass is 912 g/mol. The molecular weight excluding hydrogens is 869 g/mol. The van der Waals surface area contributed by atoms with Crippen molar-refractivity contribution in [3.8, 4) is 0 Å². The lowest BCUT2D eigenvalue weighted by molar-refractivity contribution is -0.438. The molecule has 0 fully saturated rings. The van der Waals surface area contributed by atoms with Crippen molar-refractivity contribution < 1.29 is 76.3 Å². The average Bonchev–Trinajstić information content (AvgIpc) is 3.45. The number of carboxylic acids is 2. The fraction of sp³-hybridized carbons (Fsp3) is 0.395. The minimum absolute atomic E-state index is 0.0122. The summed E-state index contributed by atoms with van der Waals surface area (Å²) in [5.74, 6) is -3.74. The van der Waals surface area contributed by atoms with E-state index in [9.17, 15) is 71.7 Å². The first kappa shape index (κ1) is 48.1. The van der Waals surface area contributed by atoms with Gasteiger partial charge >= 0.3 is 11.9 Å². The first-order valence-corrected chi connectivity index (χ1v) is 24.3. The lowest BCUT2D eigenvalue weighted by Gasteiger charge is -2.29. The van der Waals surface area contributed by atoms with Gasteiger partial charge in [0.2, 0.25) is 5.69 Å². The summed E-state index contributed by atoms with van der Waals surface area (Å²) in [6.07, 6.45) is 8.92. The van der Waals surface area contributed by atoms with Gasteiger partial charge in [0.15, 0.2) is 5.71 Å². The van der Waals surface area contributed by atoms with Crippen LogP contribution in [0.4, 0.5) is 11.4 Å². The molecule has 2 unspecified atom stereocenters. The Hall–Kier alpha value is -4.55. The number of anilines is 1. The van der Waals surface area contributed by atoms with Gasteiger partial charge in [0.1, 0.15) is 16.7 Å². The fourth-order valence-corrected chi connectivity index (χ4v) is 9.69. The van der Waals surface area contributed by atoms with Crippen molar-refractivity contribution in [1.82, 2.24) is 0 Å². The number of hydrogen-bond acceptors (Lipinski definition) is 14. The van der Waals surface area contributed by atoms with Gasteiger partial charge in [-0.3, -0.25) is 14.1 Å². The molecule has 0 aromatic heterocycles. The quantitative estimate of drug-likeness (QED) is 0.0741. The Morgan fingerprint density at radius 2 is 1.33 bits per heavy atom. The van der Waals surface area contributed by atoms with Crippen LogP contribution < -0.4 is 4.90 Å². The maximum absolute atomic E-state index is 12.2. The zero-order valence-electron chi connectivity index (χ0n) is 32.7. The average molecular weight is 913 g/mol. The van der Waals surface area contributed by atoms with Crippen molar-refractivity contribution in [3.05, 3.63) is 95.3 Å². The Labute approximate surface area is 348 Å². The first-order chi connectivity index (χ1) is 27.6. The van der Waals surface area contributed by atoms with Gasteiger partial charge in [-0.2, -0.15) is 13.0 Å². The first-order valence-electron chi connectivity index (χ1n) is 18.3. The van der Waals surface area contributed by atoms with Crippen LogP contribution in [0.2, 0.25) is 0 Å². The molecule has 328 valence electrons. The second-order valence-corrected chi connectivity index (χ2v) is 20.7. The van der Waals surface area contributed by atoms with Gasteiger partial charge in [-0.1, -0.05) is 29.9 Å². The lowest BCUT2D eigenvalue weighted by atomic mass is 9.76. The molecule has 2 heterocycles. The van der Waals surface area contributed by atoms with Gasteiger partial charge in [-0.25, -0.2) is 25.3 Å². The summed E-state index contributed by atoms with van der Waals surface area (Å²) in [6.45, 7) is 5.05. The van der Waals surface area contributed by atoms with Crippen LogP contribution in [0, 0.1) is 0 Å². The molecule has 0 aliphatic carbocycles. The van der Waals surface area contributed by atoms with E-state index < -0.39 is 97.4 Å². The van der Waals surface area contributed by atoms with Crippen LogP contribution in [-0.4, -0.2) is 109 Å². The number of rotatable bonds is 20. The number of allylic oxidation sites excluding steroid dienone is 8. The Kier molecular flexibility index (Phi) is 14.6. The van der Waals surface area contributed by atoms with Crippen LogP contribution in [0.5, 0.6) is 0 Å². The zero-order chi connectivity index (χ0) is 45.1. The largest absolute Gasteiger partial charge is 0.748 e. The Balaban J connectivity index is 1.76. The normalized spacial score (nSPS) is 20.8. The highest BCUT2D eigenvalue weighted by Gasteiger charge is 2.49. The van der Waals surface area contributed by atoms with Gasteiger partial charge in [-0.15, -0.1) is 0 Å². The maximum atomic E-state index is 12.2. The smallest absolute Gasteiger partial charge is 0.304 e. The van der Waals surface area contributed by atoms with E-state index in [2.05, 4.69) is 0 Å². The van der Waals surface area contributed by atoms with Crippen LogP contribution in [0.25, 0.3) is 0 Å². The molecule has 60 heavy (non-hydrogen) atoms. The van der Waals surface area contributed by atoms with E-state index >= 15 is 0 Å². The third kappa shape index (κ3) is 11.8. The summed E-state index contributed by atoms with van der Waals surface area (Å²) >= 11 is 0. The molecule has 18 nitrogen and oxygen atoms in total. The number of fused-ring (bicyclic) bond motifs is 2. The van der Waals surface area contributed by atoms with E-state index in [4.69, 9.17) is 0 Å². The van der Waals surface area contributed by atoms with Crippen molar-refractivity contribution in [3.63, 3.8) is 0 Å². The summed E-state index contributed by atoms with van der Waals surface area (Å²) in [4.78, 5) is 25.0. The van der Waals surface area contributed by atoms with Crippen LogP contribution in [0.3, 0.4) is 0 Å². The Morgan fingerprint density at radius 1 is 0.767 bits per heavy atom. The van der Waals surface area contributed by atoms with Gasteiger partial charge in [-0.05, 0) is 82.0 Å². The third-order valence-corrected chi connectivity index (χ3v) is 13.6. The number of nitrogens with zero attached hydrogens (tertiary/aromatic N) is 2. The molecule has 0 saturated heterocycles. The molecule has 3 N–H and O–H groups in total. The molecule has 2 aliphatic heterocycles. The lowest BCUT2D eigenvalue weighted by Crippen LogP contribution is -2.34. The summed E-state index contributed by atoms with van der Waals surface area (Å²) in [5.41, 5.74) is -0.0880. The number of aliphatic carboxylic acids is 2. The minimum atomic E-state index is -4.94. The maximum Gasteiger partial charge on any atom is 0.304 e. The Morgan fingerprint density at radius 3 is 1.90 bits per heavy atom. The molecule has 22 heteroatoms. The van der Waals surface area contributed by atoms with Gasteiger partial charge in [0, 0.05) is 59.0 Å². The van der Waals surface area contributed by atoms with E-state index in [1.54, 1.807) is 66.7 Å². The van der Waals surface area contributed by atoms with Crippen LogP contribution in [-0.2, 0) is 60.9 Å². The molecule has 2 aliphatic rings. The van der Waals surface area contributed by atoms with Gasteiger partial charge < -0.3 is 28.8 Å². The van der Waals surface area contributed by atoms with Crippen molar-refractivity contribution in [1.29, 1.82) is 0 Å². The molecule has 2 aromatic carbocycles. The summed E-state index contributed by atoms with van der Waals surface area (Å²) in [5, 5.41) is 19.9. The van der Waals surface area contributed by atoms with Crippen molar-refractivity contribution in [2.24, 2.45) is 0 Å². The molecular formula is C38H44N2O16S4-2. The predicted molar refractivity (Wildman–Crippen MR) is 215 cm³/mol. The van der Waals surface area contributed by atoms with Crippen LogP contribution >= 0.6 is 0 Å². The molecule has 0 amide bonds. The number of carboxylic acid groups (broad SMARTS) is 2. The predicted octanol–water partition coefficient (Wildman–Crippen LogP) is 3.51. The molecule has 2 aromatic rings. The number of hydrogen-bond donors (Lipinski definition) is 3. The second-order valence-electron chi connectivity index (χ2n) is 14.9. The standard InChI is InChI=1S/C38H46N2O16S4/c1-26(10-8-12-33-37(2,24-35(41)42)29-22-27(59(51,52)53)14-16-31(29)39(33)18-4-6-20-57(45,46)47)11-9-13-34-38(3,25-36(43)44)30-23-28(60(54,55)56)15-17-32(30)40(34)19-5-7-21-58(48,49)50/h8-17,22-23H,4-7,18-21,24-25H2,1-3H3,(H5-,41,42,43,44,45,46,47,48,49,50,51,52,53,54,55,56)/p-2. The molecule has 0 bridgehead atoms. The summed E-state index contributed by atoms with van der Waals surface area (Å²) in [6, 6.07) is 7.29. The summed E-state index contributed by atoms with van der Waals surface area (Å²) in [7, 11) is -18.7. The second kappa shape index (κ2) is 18.2. The number of carbonyl (C=O) groups is 2. The summed E-state index contributed by atoms with van der Waals surface area (Å²) < 4.78 is 139. The molecule has 2 atom stereocenters. The van der Waals surface area contributed by atoms with Crippen molar-refractivity contribution >= 4 is 69.5 Å². The zero-order valence-corrected chi connectivity index (χ0v) is 35.9. The fourth-order valence-electron chi connectivity index (χ4n) is 7.57. The van der Waals surface area contributed by atoms with Crippen LogP contribution in [0.1, 0.15) is 70.4 Å². The number of unbranched alkanes of at least 4 members (excludes halogenated alkanes) is 2. The molecule has 0 radical (unpaired) electrons. The van der Waals surface area contributed by atoms with Crippen LogP contribution in [0.15, 0.2) is 93.9 Å². The third-order valence-electron chi connectivity index (χ3n) is 10.3. The SMILES string of the molecule is CC(/C=C/C=C1/N(CCCCS(=O)(=O)[O-])c2ccc(S(=O)(=O)O)cc2C1(C)CC(=O)O)=C\C=C\C1=[N+](CCCCS(=O)(=O)[O-])c2ccc(S(=O)(=O)[O-])cc2C1(C)CC(=O)O. The van der Waals surface area contributed by atoms with Crippen molar-refractivity contribution in [2.75, 3.05) is 29.5 Å². The highest BCUT2D eigenvalue weighted by Crippen LogP contribution is 2.51. The minimum Gasteiger partial charge on any atom is -0.748 e.